The van der Waals surface area contributed by atoms with E-state index in [-0.39, 0.29) is 23.6 Å². The SMILES string of the molecule is CCOC(=O)C1=C(N)n2c(sc(=Cc3ccc(C)cc3)c2=O)=C(C(=O)OC)C1c1ccc(C)cc1. The van der Waals surface area contributed by atoms with Crippen molar-refractivity contribution in [2.45, 2.75) is 26.7 Å². The second-order valence-electron chi connectivity index (χ2n) is 8.24. The number of esters is 2. The van der Waals surface area contributed by atoms with Gasteiger partial charge in [-0.05, 0) is 38.0 Å². The van der Waals surface area contributed by atoms with E-state index in [1.807, 2.05) is 62.4 Å². The van der Waals surface area contributed by atoms with Crippen LogP contribution < -0.4 is 20.5 Å². The highest BCUT2D eigenvalue weighted by Gasteiger charge is 2.39. The Labute approximate surface area is 206 Å². The first-order chi connectivity index (χ1) is 16.8. The molecular formula is C27H26N2O5S. The zero-order valence-electron chi connectivity index (χ0n) is 20.0. The first-order valence-corrected chi connectivity index (χ1v) is 11.9. The summed E-state index contributed by atoms with van der Waals surface area (Å²) in [6.07, 6.45) is 1.74. The van der Waals surface area contributed by atoms with E-state index < -0.39 is 23.4 Å². The summed E-state index contributed by atoms with van der Waals surface area (Å²) in [4.78, 5) is 39.7. The van der Waals surface area contributed by atoms with Crippen LogP contribution in [0.1, 0.15) is 35.1 Å². The van der Waals surface area contributed by atoms with E-state index in [9.17, 15) is 14.4 Å². The Bertz CT molecular complexity index is 1510. The summed E-state index contributed by atoms with van der Waals surface area (Å²) in [6, 6.07) is 15.1. The van der Waals surface area contributed by atoms with Crippen LogP contribution in [0.25, 0.3) is 17.5 Å². The van der Waals surface area contributed by atoms with Gasteiger partial charge in [-0.3, -0.25) is 9.36 Å². The summed E-state index contributed by atoms with van der Waals surface area (Å²) >= 11 is 1.14. The molecule has 2 aromatic carbocycles. The minimum Gasteiger partial charge on any atom is -0.466 e. The number of hydrogen-bond acceptors (Lipinski definition) is 7. The lowest BCUT2D eigenvalue weighted by Crippen LogP contribution is -2.41. The topological polar surface area (TPSA) is 101 Å². The number of fused-ring (bicyclic) bond motifs is 1. The van der Waals surface area contributed by atoms with Gasteiger partial charge in [-0.2, -0.15) is 0 Å². The van der Waals surface area contributed by atoms with Gasteiger partial charge in [-0.15, -0.1) is 11.3 Å². The number of nitrogens with zero attached hydrogens (tertiary/aromatic N) is 1. The molecule has 35 heavy (non-hydrogen) atoms. The van der Waals surface area contributed by atoms with E-state index in [2.05, 4.69) is 0 Å². The smallest absolute Gasteiger partial charge is 0.338 e. The van der Waals surface area contributed by atoms with Crippen molar-refractivity contribution in [3.63, 3.8) is 0 Å². The number of aryl methyl sites for hydroxylation is 2. The number of benzene rings is 2. The number of thiazole rings is 1. The molecule has 2 heterocycles. The fourth-order valence-electron chi connectivity index (χ4n) is 4.07. The van der Waals surface area contributed by atoms with Gasteiger partial charge >= 0.3 is 11.9 Å². The van der Waals surface area contributed by atoms with Gasteiger partial charge in [0.2, 0.25) is 0 Å². The maximum absolute atomic E-state index is 13.5. The lowest BCUT2D eigenvalue weighted by molar-refractivity contribution is -0.138. The number of methoxy groups -OCH3 is 1. The highest BCUT2D eigenvalue weighted by molar-refractivity contribution is 7.07. The van der Waals surface area contributed by atoms with E-state index in [4.69, 9.17) is 15.2 Å². The molecule has 1 atom stereocenters. The van der Waals surface area contributed by atoms with Crippen molar-refractivity contribution in [1.29, 1.82) is 0 Å². The van der Waals surface area contributed by atoms with Gasteiger partial charge in [-0.25, -0.2) is 9.59 Å². The summed E-state index contributed by atoms with van der Waals surface area (Å²) in [5.41, 5.74) is 9.86. The van der Waals surface area contributed by atoms with Gasteiger partial charge in [0.05, 0.1) is 35.3 Å². The molecule has 1 unspecified atom stereocenters. The second kappa shape index (κ2) is 9.76. The van der Waals surface area contributed by atoms with Gasteiger partial charge in [0.15, 0.2) is 0 Å². The Hall–Kier alpha value is -3.91. The van der Waals surface area contributed by atoms with E-state index >= 15 is 0 Å². The Morgan fingerprint density at radius 1 is 1.00 bits per heavy atom. The van der Waals surface area contributed by atoms with Crippen LogP contribution in [0.4, 0.5) is 0 Å². The van der Waals surface area contributed by atoms with Crippen LogP contribution in [-0.2, 0) is 19.1 Å². The normalized spacial score (nSPS) is 15.7. The lowest BCUT2D eigenvalue weighted by atomic mass is 9.83. The highest BCUT2D eigenvalue weighted by Crippen LogP contribution is 2.37. The Kier molecular flexibility index (Phi) is 6.75. The minimum absolute atomic E-state index is 0.0328. The maximum Gasteiger partial charge on any atom is 0.338 e. The van der Waals surface area contributed by atoms with Crippen LogP contribution in [0.5, 0.6) is 0 Å². The molecule has 8 heteroatoms. The number of carbonyl (C=O) groups excluding carboxylic acids is 2. The average Bonchev–Trinajstić information content (AvgIpc) is 3.16. The number of aromatic nitrogens is 1. The molecule has 7 nitrogen and oxygen atoms in total. The molecule has 1 aliphatic rings. The standard InChI is InChI=1S/C27H26N2O5S/c1-5-34-27(32)21-20(18-12-8-16(3)9-13-18)22(26(31)33-4)25-29(23(21)28)24(30)19(35-25)14-17-10-6-15(2)7-11-17/h6-14,20H,5,28H2,1-4H3. The third-order valence-electron chi connectivity index (χ3n) is 5.83. The Balaban J connectivity index is 2.10. The summed E-state index contributed by atoms with van der Waals surface area (Å²) in [5.74, 6) is -2.25. The third kappa shape index (κ3) is 4.44. The van der Waals surface area contributed by atoms with Gasteiger partial charge in [0.1, 0.15) is 10.5 Å². The van der Waals surface area contributed by atoms with Gasteiger partial charge in [0.25, 0.3) is 5.56 Å². The molecule has 0 spiro atoms. The number of hydrogen-bond donors (Lipinski definition) is 1. The summed E-state index contributed by atoms with van der Waals surface area (Å²) in [6.45, 7) is 5.71. The molecule has 0 radical (unpaired) electrons. The van der Waals surface area contributed by atoms with Gasteiger partial charge < -0.3 is 15.2 Å². The molecule has 0 fully saturated rings. The monoisotopic (exact) mass is 490 g/mol. The second-order valence-corrected chi connectivity index (χ2v) is 9.27. The number of rotatable bonds is 5. The largest absolute Gasteiger partial charge is 0.466 e. The van der Waals surface area contributed by atoms with Crippen molar-refractivity contribution in [2.75, 3.05) is 13.7 Å². The van der Waals surface area contributed by atoms with E-state index in [0.717, 1.165) is 28.0 Å². The summed E-state index contributed by atoms with van der Waals surface area (Å²) in [5, 5.41) is 0. The van der Waals surface area contributed by atoms with E-state index in [0.29, 0.717) is 14.8 Å². The fraction of sp³-hybridized carbons (Fsp3) is 0.222. The molecule has 0 saturated heterocycles. The maximum atomic E-state index is 13.5. The predicted molar refractivity (Wildman–Crippen MR) is 136 cm³/mol. The fourth-order valence-corrected chi connectivity index (χ4v) is 5.24. The molecule has 0 saturated carbocycles. The third-order valence-corrected chi connectivity index (χ3v) is 6.94. The van der Waals surface area contributed by atoms with Crippen molar-refractivity contribution in [3.8, 4) is 0 Å². The van der Waals surface area contributed by atoms with Crippen molar-refractivity contribution in [3.05, 3.63) is 95.9 Å². The molecule has 4 rings (SSSR count). The number of ether oxygens (including phenoxy) is 2. The van der Waals surface area contributed by atoms with Crippen LogP contribution in [0.3, 0.4) is 0 Å². The first kappa shape index (κ1) is 24.2. The highest BCUT2D eigenvalue weighted by atomic mass is 32.1. The molecule has 2 N–H and O–H groups in total. The van der Waals surface area contributed by atoms with Crippen molar-refractivity contribution < 1.29 is 19.1 Å². The van der Waals surface area contributed by atoms with Crippen LogP contribution >= 0.6 is 11.3 Å². The molecule has 0 bridgehead atoms. The molecule has 1 aliphatic heterocycles. The van der Waals surface area contributed by atoms with Crippen molar-refractivity contribution >= 4 is 40.7 Å². The zero-order valence-corrected chi connectivity index (χ0v) is 20.8. The predicted octanol–water partition coefficient (Wildman–Crippen LogP) is 2.17. The van der Waals surface area contributed by atoms with Crippen LogP contribution in [0.2, 0.25) is 0 Å². The first-order valence-electron chi connectivity index (χ1n) is 11.1. The average molecular weight is 491 g/mol. The minimum atomic E-state index is -0.854. The van der Waals surface area contributed by atoms with Gasteiger partial charge in [-0.1, -0.05) is 59.7 Å². The molecule has 180 valence electrons. The number of nitrogens with two attached hydrogens (primary N) is 1. The van der Waals surface area contributed by atoms with Crippen LogP contribution in [0, 0.1) is 13.8 Å². The molecular weight excluding hydrogens is 464 g/mol. The molecule has 1 aromatic heterocycles. The lowest BCUT2D eigenvalue weighted by Gasteiger charge is -2.26. The van der Waals surface area contributed by atoms with Crippen molar-refractivity contribution in [2.24, 2.45) is 5.73 Å². The molecule has 0 amide bonds. The molecule has 0 aliphatic carbocycles. The molecule has 3 aromatic rings. The van der Waals surface area contributed by atoms with E-state index in [1.165, 1.54) is 11.7 Å². The number of carbonyl (C=O) groups is 2. The Morgan fingerprint density at radius 3 is 2.17 bits per heavy atom. The summed E-state index contributed by atoms with van der Waals surface area (Å²) < 4.78 is 12.3. The summed E-state index contributed by atoms with van der Waals surface area (Å²) in [7, 11) is 1.27. The van der Waals surface area contributed by atoms with Crippen LogP contribution in [-0.4, -0.2) is 30.2 Å². The van der Waals surface area contributed by atoms with Gasteiger partial charge in [0, 0.05) is 0 Å². The quantitative estimate of drug-likeness (QED) is 0.550. The van der Waals surface area contributed by atoms with E-state index in [1.54, 1.807) is 13.0 Å². The zero-order chi connectivity index (χ0) is 25.3. The van der Waals surface area contributed by atoms with Crippen LogP contribution in [0.15, 0.2) is 58.9 Å². The Morgan fingerprint density at radius 2 is 1.60 bits per heavy atom. The van der Waals surface area contributed by atoms with Crippen molar-refractivity contribution in [1.82, 2.24) is 4.57 Å².